The van der Waals surface area contributed by atoms with Gasteiger partial charge in [-0.3, -0.25) is 4.79 Å². The minimum atomic E-state index is -0.304. The van der Waals surface area contributed by atoms with Gasteiger partial charge in [-0.2, -0.15) is 0 Å². The molecule has 2 aromatic carbocycles. The van der Waals surface area contributed by atoms with E-state index in [2.05, 4.69) is 21.2 Å². The van der Waals surface area contributed by atoms with Crippen LogP contribution in [0.15, 0.2) is 34.8 Å². The van der Waals surface area contributed by atoms with E-state index in [9.17, 15) is 4.79 Å². The van der Waals surface area contributed by atoms with Crippen molar-refractivity contribution in [1.82, 2.24) is 0 Å². The van der Waals surface area contributed by atoms with Crippen molar-refractivity contribution in [3.8, 4) is 23.0 Å². The summed E-state index contributed by atoms with van der Waals surface area (Å²) in [5.41, 5.74) is 0.938. The Morgan fingerprint density at radius 2 is 1.73 bits per heavy atom. The summed E-state index contributed by atoms with van der Waals surface area (Å²) in [6.45, 7) is 4.71. The molecule has 0 aromatic heterocycles. The molecule has 0 aliphatic rings. The number of carbonyl (C=O) groups is 1. The van der Waals surface area contributed by atoms with E-state index in [1.54, 1.807) is 37.4 Å². The van der Waals surface area contributed by atoms with Crippen LogP contribution in [0.1, 0.15) is 24.2 Å². The first-order valence-corrected chi connectivity index (χ1v) is 8.95. The molecule has 0 saturated heterocycles. The monoisotopic (exact) mass is 423 g/mol. The Hall–Kier alpha value is -2.41. The van der Waals surface area contributed by atoms with Crippen LogP contribution in [0.25, 0.3) is 0 Å². The molecule has 0 bridgehead atoms. The molecule has 26 heavy (non-hydrogen) atoms. The van der Waals surface area contributed by atoms with E-state index in [1.807, 2.05) is 13.8 Å². The minimum Gasteiger partial charge on any atom is -0.497 e. The molecule has 0 heterocycles. The molecule has 0 fully saturated rings. The molecular weight excluding hydrogens is 402 g/mol. The fourth-order valence-corrected chi connectivity index (χ4v) is 2.91. The van der Waals surface area contributed by atoms with Gasteiger partial charge in [-0.05, 0) is 54.0 Å². The second-order valence-corrected chi connectivity index (χ2v) is 6.03. The normalized spacial score (nSPS) is 10.2. The highest BCUT2D eigenvalue weighted by Crippen LogP contribution is 2.37. The highest BCUT2D eigenvalue weighted by molar-refractivity contribution is 9.10. The zero-order valence-electron chi connectivity index (χ0n) is 15.2. The highest BCUT2D eigenvalue weighted by atomic mass is 79.9. The third-order valence-electron chi connectivity index (χ3n) is 3.52. The second kappa shape index (κ2) is 9.33. The molecule has 0 atom stereocenters. The maximum atomic E-state index is 12.7. The molecule has 6 nitrogen and oxygen atoms in total. The Kier molecular flexibility index (Phi) is 7.15. The maximum Gasteiger partial charge on any atom is 0.255 e. The van der Waals surface area contributed by atoms with Crippen LogP contribution in [-0.2, 0) is 0 Å². The van der Waals surface area contributed by atoms with Crippen LogP contribution in [-0.4, -0.2) is 33.3 Å². The number of methoxy groups -OCH3 is 2. The van der Waals surface area contributed by atoms with E-state index >= 15 is 0 Å². The first kappa shape index (κ1) is 19.9. The van der Waals surface area contributed by atoms with E-state index in [0.717, 1.165) is 0 Å². The van der Waals surface area contributed by atoms with E-state index in [1.165, 1.54) is 7.11 Å². The number of ether oxygens (including phenoxy) is 4. The SMILES string of the molecule is CCOc1cc(C(=O)Nc2cc(OC)ccc2OC)cc(Br)c1OCC. The minimum absolute atomic E-state index is 0.304. The maximum absolute atomic E-state index is 12.7. The van der Waals surface area contributed by atoms with Crippen molar-refractivity contribution in [2.75, 3.05) is 32.8 Å². The summed E-state index contributed by atoms with van der Waals surface area (Å²) in [5, 5.41) is 2.84. The van der Waals surface area contributed by atoms with Gasteiger partial charge in [-0.1, -0.05) is 0 Å². The molecule has 0 saturated carbocycles. The fraction of sp³-hybridized carbons (Fsp3) is 0.316. The van der Waals surface area contributed by atoms with Crippen molar-refractivity contribution < 1.29 is 23.7 Å². The Bertz CT molecular complexity index is 779. The van der Waals surface area contributed by atoms with Gasteiger partial charge in [-0.15, -0.1) is 0 Å². The molecule has 2 rings (SSSR count). The second-order valence-electron chi connectivity index (χ2n) is 5.17. The lowest BCUT2D eigenvalue weighted by Gasteiger charge is -2.15. The quantitative estimate of drug-likeness (QED) is 0.675. The van der Waals surface area contributed by atoms with Gasteiger partial charge in [0.15, 0.2) is 11.5 Å². The van der Waals surface area contributed by atoms with Crippen molar-refractivity contribution in [3.63, 3.8) is 0 Å². The zero-order chi connectivity index (χ0) is 19.1. The number of nitrogens with one attached hydrogen (secondary N) is 1. The summed E-state index contributed by atoms with van der Waals surface area (Å²) in [7, 11) is 3.10. The zero-order valence-corrected chi connectivity index (χ0v) is 16.8. The number of amides is 1. The first-order chi connectivity index (χ1) is 12.5. The number of rotatable bonds is 8. The van der Waals surface area contributed by atoms with Crippen LogP contribution in [0, 0.1) is 0 Å². The molecule has 140 valence electrons. The Morgan fingerprint density at radius 1 is 1.00 bits per heavy atom. The molecular formula is C19H22BrNO5. The van der Waals surface area contributed by atoms with E-state index in [4.69, 9.17) is 18.9 Å². The van der Waals surface area contributed by atoms with Crippen LogP contribution in [0.5, 0.6) is 23.0 Å². The smallest absolute Gasteiger partial charge is 0.255 e. The van der Waals surface area contributed by atoms with Gasteiger partial charge in [0.05, 0.1) is 37.6 Å². The lowest BCUT2D eigenvalue weighted by Crippen LogP contribution is -2.13. The van der Waals surface area contributed by atoms with E-state index in [-0.39, 0.29) is 5.91 Å². The predicted octanol–water partition coefficient (Wildman–Crippen LogP) is 4.52. The highest BCUT2D eigenvalue weighted by Gasteiger charge is 2.17. The molecule has 0 aliphatic carbocycles. The Balaban J connectivity index is 2.35. The van der Waals surface area contributed by atoms with Crippen molar-refractivity contribution in [2.45, 2.75) is 13.8 Å². The molecule has 0 spiro atoms. The fourth-order valence-electron chi connectivity index (χ4n) is 2.35. The molecule has 2 aromatic rings. The Morgan fingerprint density at radius 3 is 2.35 bits per heavy atom. The summed E-state index contributed by atoms with van der Waals surface area (Å²) in [6, 6.07) is 8.53. The summed E-state index contributed by atoms with van der Waals surface area (Å²) in [4.78, 5) is 12.7. The Labute approximate surface area is 161 Å². The number of hydrogen-bond acceptors (Lipinski definition) is 5. The lowest BCUT2D eigenvalue weighted by molar-refractivity contribution is 0.102. The molecule has 1 amide bonds. The third kappa shape index (κ3) is 4.60. The number of carbonyl (C=O) groups excluding carboxylic acids is 1. The summed E-state index contributed by atoms with van der Waals surface area (Å²) in [6.07, 6.45) is 0. The molecule has 0 aliphatic heterocycles. The third-order valence-corrected chi connectivity index (χ3v) is 4.10. The van der Waals surface area contributed by atoms with Gasteiger partial charge >= 0.3 is 0 Å². The van der Waals surface area contributed by atoms with Crippen molar-refractivity contribution >= 4 is 27.5 Å². The largest absolute Gasteiger partial charge is 0.497 e. The van der Waals surface area contributed by atoms with Gasteiger partial charge in [-0.25, -0.2) is 0 Å². The number of hydrogen-bond donors (Lipinski definition) is 1. The van der Waals surface area contributed by atoms with Gasteiger partial charge in [0.25, 0.3) is 5.91 Å². The van der Waals surface area contributed by atoms with Gasteiger partial charge in [0.1, 0.15) is 11.5 Å². The predicted molar refractivity (Wildman–Crippen MR) is 104 cm³/mol. The summed E-state index contributed by atoms with van der Waals surface area (Å²) in [5.74, 6) is 1.93. The van der Waals surface area contributed by atoms with Crippen LogP contribution in [0.3, 0.4) is 0 Å². The number of anilines is 1. The van der Waals surface area contributed by atoms with Gasteiger partial charge in [0, 0.05) is 11.6 Å². The van der Waals surface area contributed by atoms with Crippen LogP contribution in [0.4, 0.5) is 5.69 Å². The van der Waals surface area contributed by atoms with Crippen LogP contribution < -0.4 is 24.3 Å². The van der Waals surface area contributed by atoms with Crippen LogP contribution in [0.2, 0.25) is 0 Å². The van der Waals surface area contributed by atoms with E-state index < -0.39 is 0 Å². The average Bonchev–Trinajstić information content (AvgIpc) is 2.64. The average molecular weight is 424 g/mol. The van der Waals surface area contributed by atoms with Gasteiger partial charge in [0.2, 0.25) is 0 Å². The van der Waals surface area contributed by atoms with E-state index in [0.29, 0.717) is 51.9 Å². The molecule has 0 radical (unpaired) electrons. The molecule has 1 N–H and O–H groups in total. The van der Waals surface area contributed by atoms with Crippen LogP contribution >= 0.6 is 15.9 Å². The van der Waals surface area contributed by atoms with Crippen molar-refractivity contribution in [3.05, 3.63) is 40.4 Å². The van der Waals surface area contributed by atoms with Crippen molar-refractivity contribution in [2.24, 2.45) is 0 Å². The summed E-state index contributed by atoms with van der Waals surface area (Å²) >= 11 is 3.44. The summed E-state index contributed by atoms with van der Waals surface area (Å²) < 4.78 is 22.4. The molecule has 0 unspecified atom stereocenters. The number of halogens is 1. The van der Waals surface area contributed by atoms with Gasteiger partial charge < -0.3 is 24.3 Å². The van der Waals surface area contributed by atoms with Crippen molar-refractivity contribution in [1.29, 1.82) is 0 Å². The first-order valence-electron chi connectivity index (χ1n) is 8.16. The standard InChI is InChI=1S/C19H22BrNO5/c1-5-25-17-10-12(9-14(20)18(17)26-6-2)19(22)21-15-11-13(23-3)7-8-16(15)24-4/h7-11H,5-6H2,1-4H3,(H,21,22). The molecule has 7 heteroatoms. The lowest BCUT2D eigenvalue weighted by atomic mass is 10.1. The topological polar surface area (TPSA) is 66.0 Å². The number of benzene rings is 2.